The molecule has 1 aromatic heterocycles. The minimum atomic E-state index is -4.37. The average Bonchev–Trinajstić information content (AvgIpc) is 3.10. The number of carbonyl (C=O) groups is 1. The Hall–Kier alpha value is -2.35. The van der Waals surface area contributed by atoms with E-state index in [-0.39, 0.29) is 11.8 Å². The molecule has 1 fully saturated rings. The Kier molecular flexibility index (Phi) is 4.91. The molecule has 4 rings (SSSR count). The number of carbonyl (C=O) groups excluding carboxylic acids is 1. The first kappa shape index (κ1) is 19.0. The molecule has 1 aliphatic heterocycles. The van der Waals surface area contributed by atoms with E-state index >= 15 is 0 Å². The number of hydrogen-bond acceptors (Lipinski definition) is 2. The van der Waals surface area contributed by atoms with Crippen molar-refractivity contribution in [2.75, 3.05) is 13.1 Å². The third-order valence-corrected chi connectivity index (χ3v) is 5.71. The van der Waals surface area contributed by atoms with Crippen LogP contribution in [0.4, 0.5) is 13.2 Å². The molecule has 1 amide bonds. The van der Waals surface area contributed by atoms with Gasteiger partial charge < -0.3 is 4.90 Å². The van der Waals surface area contributed by atoms with Crippen LogP contribution in [0.1, 0.15) is 40.4 Å². The molecule has 0 bridgehead atoms. The van der Waals surface area contributed by atoms with Gasteiger partial charge in [-0.15, -0.1) is 0 Å². The number of alkyl halides is 3. The van der Waals surface area contributed by atoms with Crippen LogP contribution in [0.25, 0.3) is 10.9 Å². The maximum atomic E-state index is 13.3. The van der Waals surface area contributed by atoms with Crippen LogP contribution in [0.5, 0.6) is 0 Å². The Morgan fingerprint density at radius 3 is 2.57 bits per heavy atom. The minimum absolute atomic E-state index is 0.202. The Bertz CT molecular complexity index is 1020. The zero-order valence-electron chi connectivity index (χ0n) is 14.8. The molecule has 28 heavy (non-hydrogen) atoms. The normalized spacial score (nSPS) is 15.9. The van der Waals surface area contributed by atoms with Crippen LogP contribution >= 0.6 is 15.9 Å². The van der Waals surface area contributed by atoms with Crippen molar-refractivity contribution in [2.24, 2.45) is 0 Å². The number of piperidine rings is 1. The molecule has 0 radical (unpaired) electrons. The van der Waals surface area contributed by atoms with E-state index in [9.17, 15) is 18.0 Å². The quantitative estimate of drug-likeness (QED) is 0.569. The minimum Gasteiger partial charge on any atom is -0.337 e. The van der Waals surface area contributed by atoms with E-state index in [0.717, 1.165) is 21.4 Å². The van der Waals surface area contributed by atoms with E-state index in [4.69, 9.17) is 0 Å². The van der Waals surface area contributed by atoms with Gasteiger partial charge >= 0.3 is 6.18 Å². The fourth-order valence-corrected chi connectivity index (χ4v) is 4.16. The van der Waals surface area contributed by atoms with E-state index in [1.807, 2.05) is 18.2 Å². The highest BCUT2D eigenvalue weighted by Gasteiger charge is 2.36. The number of likely N-dealkylation sites (tertiary alicyclic amines) is 1. The highest BCUT2D eigenvalue weighted by Crippen LogP contribution is 2.38. The van der Waals surface area contributed by atoms with Crippen molar-refractivity contribution in [2.45, 2.75) is 24.9 Å². The summed E-state index contributed by atoms with van der Waals surface area (Å²) in [7, 11) is 0. The van der Waals surface area contributed by atoms with Gasteiger partial charge in [0.1, 0.15) is 0 Å². The largest absolute Gasteiger partial charge is 0.416 e. The van der Waals surface area contributed by atoms with Crippen LogP contribution in [-0.2, 0) is 6.18 Å². The number of aromatic amines is 1. The molecule has 0 atom stereocenters. The van der Waals surface area contributed by atoms with Gasteiger partial charge in [0.15, 0.2) is 5.69 Å². The van der Waals surface area contributed by atoms with E-state index in [1.54, 1.807) is 17.0 Å². The summed E-state index contributed by atoms with van der Waals surface area (Å²) in [5.41, 5.74) is 0.838. The molecular weight excluding hydrogens is 435 g/mol. The van der Waals surface area contributed by atoms with Gasteiger partial charge in [0, 0.05) is 22.9 Å². The number of rotatable bonds is 2. The summed E-state index contributed by atoms with van der Waals surface area (Å²) in [6.45, 7) is 0.802. The van der Waals surface area contributed by atoms with Crippen LogP contribution in [0.2, 0.25) is 0 Å². The molecular formula is C20H17BrF3N3O. The maximum absolute atomic E-state index is 13.3. The highest BCUT2D eigenvalue weighted by molar-refractivity contribution is 9.10. The van der Waals surface area contributed by atoms with Crippen molar-refractivity contribution in [1.29, 1.82) is 0 Å². The standard InChI is InChI=1S/C20H17BrF3N3O/c21-13-5-6-17-15(11-13)18(26-25-17)19(28)27-9-7-12(8-10-27)14-3-1-2-4-16(14)20(22,23)24/h1-6,11-12H,7-10H2,(H,25,26). The number of amides is 1. The molecule has 2 heterocycles. The third-order valence-electron chi connectivity index (χ3n) is 5.22. The summed E-state index contributed by atoms with van der Waals surface area (Å²) < 4.78 is 40.7. The zero-order valence-corrected chi connectivity index (χ0v) is 16.3. The summed E-state index contributed by atoms with van der Waals surface area (Å²) in [6, 6.07) is 11.2. The smallest absolute Gasteiger partial charge is 0.337 e. The summed E-state index contributed by atoms with van der Waals surface area (Å²) in [5.74, 6) is -0.418. The van der Waals surface area contributed by atoms with Gasteiger partial charge in [0.2, 0.25) is 0 Å². The van der Waals surface area contributed by atoms with E-state index < -0.39 is 11.7 Å². The first-order valence-electron chi connectivity index (χ1n) is 8.93. The number of fused-ring (bicyclic) bond motifs is 1. The van der Waals surface area contributed by atoms with Gasteiger partial charge in [-0.1, -0.05) is 34.1 Å². The van der Waals surface area contributed by atoms with Crippen LogP contribution < -0.4 is 0 Å². The second kappa shape index (κ2) is 7.24. The van der Waals surface area contributed by atoms with Crippen LogP contribution in [0.15, 0.2) is 46.9 Å². The zero-order chi connectivity index (χ0) is 19.9. The summed E-state index contributed by atoms with van der Waals surface area (Å²) >= 11 is 3.39. The summed E-state index contributed by atoms with van der Waals surface area (Å²) in [5, 5.41) is 7.73. The lowest BCUT2D eigenvalue weighted by molar-refractivity contribution is -0.138. The van der Waals surface area contributed by atoms with Crippen molar-refractivity contribution in [1.82, 2.24) is 15.1 Å². The topological polar surface area (TPSA) is 49.0 Å². The molecule has 1 N–H and O–H groups in total. The molecule has 8 heteroatoms. The molecule has 146 valence electrons. The predicted molar refractivity (Wildman–Crippen MR) is 103 cm³/mol. The number of benzene rings is 2. The van der Waals surface area contributed by atoms with Crippen LogP contribution in [-0.4, -0.2) is 34.1 Å². The molecule has 2 aromatic carbocycles. The van der Waals surface area contributed by atoms with E-state index in [0.29, 0.717) is 37.2 Å². The van der Waals surface area contributed by atoms with E-state index in [2.05, 4.69) is 26.1 Å². The molecule has 0 spiro atoms. The Morgan fingerprint density at radius 1 is 1.14 bits per heavy atom. The molecule has 0 unspecified atom stereocenters. The third kappa shape index (κ3) is 3.53. The first-order valence-corrected chi connectivity index (χ1v) is 9.73. The second-order valence-corrected chi connectivity index (χ2v) is 7.83. The van der Waals surface area contributed by atoms with Crippen molar-refractivity contribution in [3.05, 3.63) is 63.8 Å². The predicted octanol–water partition coefficient (Wildman–Crippen LogP) is 5.36. The number of nitrogens with zero attached hydrogens (tertiary/aromatic N) is 2. The van der Waals surface area contributed by atoms with Crippen LogP contribution in [0, 0.1) is 0 Å². The van der Waals surface area contributed by atoms with Gasteiger partial charge in [-0.25, -0.2) is 0 Å². The molecule has 4 nitrogen and oxygen atoms in total. The van der Waals surface area contributed by atoms with Gasteiger partial charge in [0.25, 0.3) is 5.91 Å². The summed E-state index contributed by atoms with van der Waals surface area (Å²) in [6.07, 6.45) is -3.39. The maximum Gasteiger partial charge on any atom is 0.416 e. The fraction of sp³-hybridized carbons (Fsp3) is 0.300. The lowest BCUT2D eigenvalue weighted by Crippen LogP contribution is -2.38. The number of nitrogens with one attached hydrogen (secondary N) is 1. The lowest BCUT2D eigenvalue weighted by Gasteiger charge is -2.33. The van der Waals surface area contributed by atoms with Crippen molar-refractivity contribution < 1.29 is 18.0 Å². The fourth-order valence-electron chi connectivity index (χ4n) is 3.80. The van der Waals surface area contributed by atoms with Gasteiger partial charge in [-0.05, 0) is 48.6 Å². The average molecular weight is 452 g/mol. The Balaban J connectivity index is 1.52. The van der Waals surface area contributed by atoms with Crippen LogP contribution in [0.3, 0.4) is 0 Å². The summed E-state index contributed by atoms with van der Waals surface area (Å²) in [4.78, 5) is 14.6. The lowest BCUT2D eigenvalue weighted by atomic mass is 9.86. The molecule has 1 saturated heterocycles. The van der Waals surface area contributed by atoms with Crippen molar-refractivity contribution in [3.8, 4) is 0 Å². The second-order valence-electron chi connectivity index (χ2n) is 6.91. The molecule has 3 aromatic rings. The number of H-pyrrole nitrogens is 1. The van der Waals surface area contributed by atoms with Gasteiger partial charge in [0.05, 0.1) is 11.1 Å². The van der Waals surface area contributed by atoms with E-state index in [1.165, 1.54) is 6.07 Å². The Labute approximate surface area is 167 Å². The monoisotopic (exact) mass is 451 g/mol. The van der Waals surface area contributed by atoms with Crippen molar-refractivity contribution >= 4 is 32.7 Å². The van der Waals surface area contributed by atoms with Gasteiger partial charge in [-0.3, -0.25) is 9.89 Å². The first-order chi connectivity index (χ1) is 13.3. The number of hydrogen-bond donors (Lipinski definition) is 1. The number of aromatic nitrogens is 2. The molecule has 0 aliphatic carbocycles. The molecule has 0 saturated carbocycles. The Morgan fingerprint density at radius 2 is 1.86 bits per heavy atom. The highest BCUT2D eigenvalue weighted by atomic mass is 79.9. The van der Waals surface area contributed by atoms with Crippen molar-refractivity contribution in [3.63, 3.8) is 0 Å². The SMILES string of the molecule is O=C(c1n[nH]c2ccc(Br)cc12)N1CCC(c2ccccc2C(F)(F)F)CC1. The number of halogens is 4. The van der Waals surface area contributed by atoms with Gasteiger partial charge in [-0.2, -0.15) is 18.3 Å². The molecule has 1 aliphatic rings.